The predicted molar refractivity (Wildman–Crippen MR) is 179 cm³/mol. The molecule has 3 saturated heterocycles. The van der Waals surface area contributed by atoms with Crippen LogP contribution in [0.1, 0.15) is 37.7 Å². The van der Waals surface area contributed by atoms with Gasteiger partial charge in [0, 0.05) is 48.3 Å². The number of anilines is 1. The van der Waals surface area contributed by atoms with E-state index < -0.39 is 29.6 Å². The standard InChI is InChI=1S/C35H41BrClN3O5/c1-3-18-38(23-24-12-8-7-9-13-24)32(42)28-29-33(43)40(20-10-5-6-11-21-41)31(35(29)22-27(36)30(28)45-35)34(44)39(19-4-2)26-16-14-25(37)15-17-26/h3-4,7-9,12-17,27-31,41H,1-2,5-6,10-11,18-23H2/t27?,28-,29+,30-,31?,35?/m1/s1. The predicted octanol–water partition coefficient (Wildman–Crippen LogP) is 5.37. The average Bonchev–Trinajstić information content (AvgIpc) is 3.63. The smallest absolute Gasteiger partial charge is 0.253 e. The summed E-state index contributed by atoms with van der Waals surface area (Å²) in [4.78, 5) is 48.5. The monoisotopic (exact) mass is 697 g/mol. The van der Waals surface area contributed by atoms with Crippen LogP contribution >= 0.6 is 27.5 Å². The number of alkyl halides is 1. The van der Waals surface area contributed by atoms with Crippen LogP contribution in [-0.4, -0.2) is 81.4 Å². The van der Waals surface area contributed by atoms with Gasteiger partial charge in [-0.05, 0) is 49.1 Å². The Kier molecular flexibility index (Phi) is 10.9. The largest absolute Gasteiger partial charge is 0.396 e. The number of fused-ring (bicyclic) bond motifs is 1. The maximum Gasteiger partial charge on any atom is 0.253 e. The normalized spacial score (nSPS) is 26.5. The minimum atomic E-state index is -1.17. The van der Waals surface area contributed by atoms with E-state index >= 15 is 0 Å². The van der Waals surface area contributed by atoms with Crippen LogP contribution in [0.15, 0.2) is 79.9 Å². The lowest BCUT2D eigenvalue weighted by atomic mass is 9.70. The molecule has 3 unspecified atom stereocenters. The maximum atomic E-state index is 14.7. The summed E-state index contributed by atoms with van der Waals surface area (Å²) in [5.74, 6) is -2.22. The minimum absolute atomic E-state index is 0.113. The number of carbonyl (C=O) groups excluding carboxylic acids is 3. The van der Waals surface area contributed by atoms with E-state index in [0.29, 0.717) is 49.6 Å². The summed E-state index contributed by atoms with van der Waals surface area (Å²) in [5, 5.41) is 9.78. The third kappa shape index (κ3) is 6.50. The van der Waals surface area contributed by atoms with Crippen molar-refractivity contribution in [2.24, 2.45) is 11.8 Å². The SMILES string of the molecule is C=CCN(Cc1ccccc1)C(=O)[C@H]1[C@@H]2OC3(CC2Br)C(C(=O)N(CC=C)c2ccc(Cl)cc2)N(CCCCCCO)C(=O)[C@H]13. The van der Waals surface area contributed by atoms with Gasteiger partial charge in [-0.1, -0.05) is 82.9 Å². The lowest BCUT2D eigenvalue weighted by molar-refractivity contribution is -0.145. The number of aliphatic hydroxyl groups is 1. The fourth-order valence-corrected chi connectivity index (χ4v) is 8.37. The Morgan fingerprint density at radius 2 is 1.71 bits per heavy atom. The van der Waals surface area contributed by atoms with E-state index in [0.717, 1.165) is 18.4 Å². The highest BCUT2D eigenvalue weighted by Gasteiger charge is 2.76. The van der Waals surface area contributed by atoms with Gasteiger partial charge in [-0.25, -0.2) is 0 Å². The Labute approximate surface area is 278 Å². The van der Waals surface area contributed by atoms with E-state index in [-0.39, 0.29) is 35.7 Å². The number of likely N-dealkylation sites (tertiary alicyclic amines) is 1. The van der Waals surface area contributed by atoms with Crippen molar-refractivity contribution in [1.82, 2.24) is 9.80 Å². The number of carbonyl (C=O) groups is 3. The number of nitrogens with zero attached hydrogens (tertiary/aromatic N) is 3. The second kappa shape index (κ2) is 14.6. The molecule has 1 spiro atoms. The molecular weight excluding hydrogens is 658 g/mol. The van der Waals surface area contributed by atoms with Gasteiger partial charge in [0.25, 0.3) is 5.91 Å². The first-order valence-corrected chi connectivity index (χ1v) is 16.9. The first kappa shape index (κ1) is 33.4. The van der Waals surface area contributed by atoms with Crippen LogP contribution in [-0.2, 0) is 25.7 Å². The van der Waals surface area contributed by atoms with E-state index in [4.69, 9.17) is 16.3 Å². The number of ether oxygens (including phenoxy) is 1. The number of rotatable bonds is 15. The fourth-order valence-electron chi connectivity index (χ4n) is 7.30. The number of unbranched alkanes of at least 4 members (excludes halogenated alkanes) is 3. The summed E-state index contributed by atoms with van der Waals surface area (Å²) in [6.07, 6.45) is 6.18. The molecule has 0 saturated carbocycles. The second-order valence-corrected chi connectivity index (χ2v) is 13.7. The van der Waals surface area contributed by atoms with Gasteiger partial charge in [0.15, 0.2) is 0 Å². The number of amides is 3. The molecule has 240 valence electrons. The molecule has 0 radical (unpaired) electrons. The third-order valence-corrected chi connectivity index (χ3v) is 10.3. The van der Waals surface area contributed by atoms with Crippen LogP contribution < -0.4 is 4.90 Å². The summed E-state index contributed by atoms with van der Waals surface area (Å²) in [5.41, 5.74) is 0.437. The van der Waals surface area contributed by atoms with Crippen molar-refractivity contribution in [2.75, 3.05) is 31.1 Å². The first-order valence-electron chi connectivity index (χ1n) is 15.6. The van der Waals surface area contributed by atoms with Gasteiger partial charge < -0.3 is 24.5 Å². The topological polar surface area (TPSA) is 90.4 Å². The molecule has 6 atom stereocenters. The molecule has 3 aliphatic rings. The second-order valence-electron chi connectivity index (χ2n) is 12.0. The van der Waals surface area contributed by atoms with Crippen LogP contribution in [0.4, 0.5) is 5.69 Å². The molecule has 0 aliphatic carbocycles. The molecule has 45 heavy (non-hydrogen) atoms. The number of benzene rings is 2. The molecule has 2 aromatic carbocycles. The molecule has 8 nitrogen and oxygen atoms in total. The van der Waals surface area contributed by atoms with Crippen molar-refractivity contribution in [2.45, 2.75) is 61.2 Å². The molecule has 3 heterocycles. The first-order chi connectivity index (χ1) is 21.8. The Balaban J connectivity index is 1.52. The van der Waals surface area contributed by atoms with Crippen molar-refractivity contribution >= 4 is 50.9 Å². The van der Waals surface area contributed by atoms with Crippen LogP contribution in [0, 0.1) is 11.8 Å². The summed E-state index contributed by atoms with van der Waals surface area (Å²) in [7, 11) is 0. The van der Waals surface area contributed by atoms with E-state index in [1.54, 1.807) is 51.1 Å². The molecule has 0 aromatic heterocycles. The summed E-state index contributed by atoms with van der Waals surface area (Å²) >= 11 is 9.94. The number of aliphatic hydroxyl groups excluding tert-OH is 1. The highest BCUT2D eigenvalue weighted by Crippen LogP contribution is 2.60. The summed E-state index contributed by atoms with van der Waals surface area (Å²) < 4.78 is 6.76. The molecular formula is C35H41BrClN3O5. The molecule has 2 aromatic rings. The van der Waals surface area contributed by atoms with E-state index in [1.165, 1.54) is 0 Å². The van der Waals surface area contributed by atoms with Crippen molar-refractivity contribution in [3.63, 3.8) is 0 Å². The number of hydrogen-bond donors (Lipinski definition) is 1. The van der Waals surface area contributed by atoms with Crippen LogP contribution in [0.2, 0.25) is 5.02 Å². The lowest BCUT2D eigenvalue weighted by Crippen LogP contribution is -2.57. The zero-order valence-corrected chi connectivity index (χ0v) is 27.7. The number of hydrogen-bond acceptors (Lipinski definition) is 5. The third-order valence-electron chi connectivity index (χ3n) is 9.21. The zero-order valence-electron chi connectivity index (χ0n) is 25.4. The Morgan fingerprint density at radius 1 is 1.02 bits per heavy atom. The molecule has 3 fully saturated rings. The highest BCUT2D eigenvalue weighted by atomic mass is 79.9. The quantitative estimate of drug-likeness (QED) is 0.154. The van der Waals surface area contributed by atoms with Gasteiger partial charge in [0.2, 0.25) is 11.8 Å². The van der Waals surface area contributed by atoms with E-state index in [1.807, 2.05) is 30.3 Å². The molecule has 5 rings (SSSR count). The molecule has 3 aliphatic heterocycles. The Morgan fingerprint density at radius 3 is 2.38 bits per heavy atom. The van der Waals surface area contributed by atoms with Gasteiger partial charge >= 0.3 is 0 Å². The van der Waals surface area contributed by atoms with Gasteiger partial charge in [-0.2, -0.15) is 0 Å². The molecule has 2 bridgehead atoms. The van der Waals surface area contributed by atoms with Crippen LogP contribution in [0.5, 0.6) is 0 Å². The van der Waals surface area contributed by atoms with Crippen molar-refractivity contribution < 1.29 is 24.2 Å². The van der Waals surface area contributed by atoms with Crippen LogP contribution in [0.25, 0.3) is 0 Å². The zero-order chi connectivity index (χ0) is 32.1. The molecule has 3 amide bonds. The lowest BCUT2D eigenvalue weighted by Gasteiger charge is -2.37. The number of halogens is 2. The van der Waals surface area contributed by atoms with Crippen LogP contribution in [0.3, 0.4) is 0 Å². The summed E-state index contributed by atoms with van der Waals surface area (Å²) in [6, 6.07) is 15.8. The van der Waals surface area contributed by atoms with Gasteiger partial charge in [0.05, 0.1) is 17.9 Å². The van der Waals surface area contributed by atoms with Gasteiger partial charge in [0.1, 0.15) is 11.6 Å². The van der Waals surface area contributed by atoms with Gasteiger partial charge in [-0.15, -0.1) is 13.2 Å². The van der Waals surface area contributed by atoms with Gasteiger partial charge in [-0.3, -0.25) is 14.4 Å². The Bertz CT molecular complexity index is 1390. The van der Waals surface area contributed by atoms with Crippen molar-refractivity contribution in [1.29, 1.82) is 0 Å². The highest BCUT2D eigenvalue weighted by molar-refractivity contribution is 9.09. The van der Waals surface area contributed by atoms with E-state index in [9.17, 15) is 19.5 Å². The van der Waals surface area contributed by atoms with Crippen molar-refractivity contribution in [3.8, 4) is 0 Å². The molecule has 10 heteroatoms. The molecule has 1 N–H and O–H groups in total. The average molecular weight is 699 g/mol. The Hall–Kier alpha value is -2.98. The van der Waals surface area contributed by atoms with E-state index in [2.05, 4.69) is 29.1 Å². The maximum absolute atomic E-state index is 14.7. The van der Waals surface area contributed by atoms with Crippen molar-refractivity contribution in [3.05, 3.63) is 90.5 Å². The summed E-state index contributed by atoms with van der Waals surface area (Å²) in [6.45, 7) is 9.13. The fraction of sp³-hybridized carbons (Fsp3) is 0.457. The minimum Gasteiger partial charge on any atom is -0.396 e.